The molecule has 3 nitrogen and oxygen atoms in total. The van der Waals surface area contributed by atoms with Gasteiger partial charge in [-0.1, -0.05) is 0 Å². The van der Waals surface area contributed by atoms with Gasteiger partial charge >= 0.3 is 0 Å². The Bertz CT molecular complexity index is 225. The molecule has 1 aromatic rings. The highest BCUT2D eigenvalue weighted by Crippen LogP contribution is 2.08. The SMILES string of the molecule is Cc1cc([C@@H](C)N)n(C)n1. The van der Waals surface area contributed by atoms with Crippen molar-refractivity contribution in [1.29, 1.82) is 0 Å². The Hall–Kier alpha value is -0.830. The number of hydrogen-bond donors (Lipinski definition) is 1. The Morgan fingerprint density at radius 2 is 2.30 bits per heavy atom. The summed E-state index contributed by atoms with van der Waals surface area (Å²) in [6.45, 7) is 3.92. The zero-order chi connectivity index (χ0) is 7.72. The van der Waals surface area contributed by atoms with Gasteiger partial charge in [0, 0.05) is 13.1 Å². The Balaban J connectivity index is 3.03. The van der Waals surface area contributed by atoms with Gasteiger partial charge in [0.25, 0.3) is 0 Å². The molecule has 10 heavy (non-hydrogen) atoms. The zero-order valence-electron chi connectivity index (χ0n) is 6.63. The molecule has 0 aliphatic rings. The summed E-state index contributed by atoms with van der Waals surface area (Å²) in [5.41, 5.74) is 7.77. The van der Waals surface area contributed by atoms with Crippen LogP contribution in [0.15, 0.2) is 6.07 Å². The van der Waals surface area contributed by atoms with E-state index in [1.165, 1.54) is 0 Å². The van der Waals surface area contributed by atoms with Crippen LogP contribution in [0.4, 0.5) is 0 Å². The first kappa shape index (κ1) is 7.28. The molecule has 1 rings (SSSR count). The van der Waals surface area contributed by atoms with Crippen molar-refractivity contribution in [3.8, 4) is 0 Å². The first-order valence-electron chi connectivity index (χ1n) is 3.37. The van der Waals surface area contributed by atoms with E-state index >= 15 is 0 Å². The average molecular weight is 139 g/mol. The number of aromatic nitrogens is 2. The van der Waals surface area contributed by atoms with E-state index in [4.69, 9.17) is 5.73 Å². The molecule has 0 bridgehead atoms. The molecular weight excluding hydrogens is 126 g/mol. The molecule has 0 aliphatic carbocycles. The highest BCUT2D eigenvalue weighted by atomic mass is 15.3. The highest BCUT2D eigenvalue weighted by Gasteiger charge is 2.04. The van der Waals surface area contributed by atoms with E-state index in [1.54, 1.807) is 0 Å². The number of nitrogens with two attached hydrogens (primary N) is 1. The van der Waals surface area contributed by atoms with Gasteiger partial charge in [0.15, 0.2) is 0 Å². The molecule has 1 atom stereocenters. The largest absolute Gasteiger partial charge is 0.323 e. The van der Waals surface area contributed by atoms with Crippen molar-refractivity contribution in [1.82, 2.24) is 9.78 Å². The zero-order valence-corrected chi connectivity index (χ0v) is 6.63. The van der Waals surface area contributed by atoms with E-state index in [0.29, 0.717) is 0 Å². The summed E-state index contributed by atoms with van der Waals surface area (Å²) in [7, 11) is 1.91. The topological polar surface area (TPSA) is 43.8 Å². The minimum absolute atomic E-state index is 0.0752. The predicted molar refractivity (Wildman–Crippen MR) is 40.5 cm³/mol. The molecule has 0 spiro atoms. The minimum Gasteiger partial charge on any atom is -0.323 e. The molecular formula is C7H13N3. The van der Waals surface area contributed by atoms with Gasteiger partial charge in [0.2, 0.25) is 0 Å². The molecule has 2 N–H and O–H groups in total. The second kappa shape index (κ2) is 2.42. The van der Waals surface area contributed by atoms with E-state index in [-0.39, 0.29) is 6.04 Å². The lowest BCUT2D eigenvalue weighted by molar-refractivity contribution is 0.651. The summed E-state index contributed by atoms with van der Waals surface area (Å²) in [6, 6.07) is 2.08. The number of rotatable bonds is 1. The summed E-state index contributed by atoms with van der Waals surface area (Å²) in [5, 5.41) is 4.17. The predicted octanol–water partition coefficient (Wildman–Crippen LogP) is 0.748. The first-order valence-corrected chi connectivity index (χ1v) is 3.37. The highest BCUT2D eigenvalue weighted by molar-refractivity contribution is 5.11. The van der Waals surface area contributed by atoms with Crippen molar-refractivity contribution in [3.05, 3.63) is 17.5 Å². The fraction of sp³-hybridized carbons (Fsp3) is 0.571. The Morgan fingerprint density at radius 1 is 1.70 bits per heavy atom. The molecule has 0 unspecified atom stereocenters. The number of nitrogens with zero attached hydrogens (tertiary/aromatic N) is 2. The molecule has 0 saturated heterocycles. The van der Waals surface area contributed by atoms with Crippen LogP contribution in [0.3, 0.4) is 0 Å². The third-order valence-electron chi connectivity index (χ3n) is 1.50. The second-order valence-electron chi connectivity index (χ2n) is 2.62. The summed E-state index contributed by atoms with van der Waals surface area (Å²) < 4.78 is 1.82. The Kier molecular flexibility index (Phi) is 1.76. The van der Waals surface area contributed by atoms with Crippen molar-refractivity contribution in [2.75, 3.05) is 0 Å². The fourth-order valence-corrected chi connectivity index (χ4v) is 1.06. The smallest absolute Gasteiger partial charge is 0.0597 e. The van der Waals surface area contributed by atoms with Crippen LogP contribution in [-0.2, 0) is 7.05 Å². The van der Waals surface area contributed by atoms with Gasteiger partial charge in [-0.3, -0.25) is 4.68 Å². The minimum atomic E-state index is 0.0752. The molecule has 0 aromatic carbocycles. The molecule has 0 radical (unpaired) electrons. The van der Waals surface area contributed by atoms with Crippen LogP contribution in [0.5, 0.6) is 0 Å². The lowest BCUT2D eigenvalue weighted by Crippen LogP contribution is -2.10. The fourth-order valence-electron chi connectivity index (χ4n) is 1.06. The lowest BCUT2D eigenvalue weighted by atomic mass is 10.2. The maximum atomic E-state index is 5.67. The van der Waals surface area contributed by atoms with Gasteiger partial charge in [-0.25, -0.2) is 0 Å². The van der Waals surface area contributed by atoms with Gasteiger partial charge in [0.1, 0.15) is 0 Å². The maximum Gasteiger partial charge on any atom is 0.0597 e. The van der Waals surface area contributed by atoms with E-state index in [2.05, 4.69) is 5.10 Å². The standard InChI is InChI=1S/C7H13N3/c1-5-4-7(6(2)8)10(3)9-5/h4,6H,8H2,1-3H3/t6-/m1/s1. The van der Waals surface area contributed by atoms with Crippen LogP contribution < -0.4 is 5.73 Å². The van der Waals surface area contributed by atoms with Gasteiger partial charge in [-0.05, 0) is 19.9 Å². The van der Waals surface area contributed by atoms with Crippen LogP contribution in [0.25, 0.3) is 0 Å². The summed E-state index contributed by atoms with van der Waals surface area (Å²) in [4.78, 5) is 0. The maximum absolute atomic E-state index is 5.67. The summed E-state index contributed by atoms with van der Waals surface area (Å²) in [5.74, 6) is 0. The number of hydrogen-bond acceptors (Lipinski definition) is 2. The molecule has 0 amide bonds. The van der Waals surface area contributed by atoms with Gasteiger partial charge in [-0.2, -0.15) is 5.10 Å². The van der Waals surface area contributed by atoms with Crippen molar-refractivity contribution in [2.45, 2.75) is 19.9 Å². The monoisotopic (exact) mass is 139 g/mol. The third kappa shape index (κ3) is 1.19. The van der Waals surface area contributed by atoms with Crippen LogP contribution in [0, 0.1) is 6.92 Å². The molecule has 56 valence electrons. The lowest BCUT2D eigenvalue weighted by Gasteiger charge is -2.03. The molecule has 3 heteroatoms. The molecule has 1 heterocycles. The van der Waals surface area contributed by atoms with Crippen LogP contribution in [0.2, 0.25) is 0 Å². The van der Waals surface area contributed by atoms with Crippen LogP contribution >= 0.6 is 0 Å². The van der Waals surface area contributed by atoms with Crippen LogP contribution in [-0.4, -0.2) is 9.78 Å². The van der Waals surface area contributed by atoms with Gasteiger partial charge in [-0.15, -0.1) is 0 Å². The Labute approximate surface area is 60.8 Å². The first-order chi connectivity index (χ1) is 4.61. The van der Waals surface area contributed by atoms with Gasteiger partial charge < -0.3 is 5.73 Å². The number of aryl methyl sites for hydroxylation is 2. The molecule has 0 aliphatic heterocycles. The van der Waals surface area contributed by atoms with E-state index in [9.17, 15) is 0 Å². The summed E-state index contributed by atoms with van der Waals surface area (Å²) in [6.07, 6.45) is 0. The van der Waals surface area contributed by atoms with Crippen molar-refractivity contribution >= 4 is 0 Å². The normalized spacial score (nSPS) is 13.6. The quantitative estimate of drug-likeness (QED) is 0.624. The van der Waals surface area contributed by atoms with E-state index in [1.807, 2.05) is 31.6 Å². The van der Waals surface area contributed by atoms with Crippen molar-refractivity contribution < 1.29 is 0 Å². The Morgan fingerprint density at radius 3 is 2.50 bits per heavy atom. The third-order valence-corrected chi connectivity index (χ3v) is 1.50. The second-order valence-corrected chi connectivity index (χ2v) is 2.62. The van der Waals surface area contributed by atoms with Crippen LogP contribution in [0.1, 0.15) is 24.4 Å². The van der Waals surface area contributed by atoms with E-state index in [0.717, 1.165) is 11.4 Å². The van der Waals surface area contributed by atoms with Crippen molar-refractivity contribution in [2.24, 2.45) is 12.8 Å². The average Bonchev–Trinajstić information content (AvgIpc) is 2.10. The molecule has 1 aromatic heterocycles. The van der Waals surface area contributed by atoms with Gasteiger partial charge in [0.05, 0.1) is 11.4 Å². The van der Waals surface area contributed by atoms with E-state index < -0.39 is 0 Å². The summed E-state index contributed by atoms with van der Waals surface area (Å²) >= 11 is 0. The molecule has 0 fully saturated rings. The molecule has 0 saturated carbocycles. The van der Waals surface area contributed by atoms with Crippen molar-refractivity contribution in [3.63, 3.8) is 0 Å².